The van der Waals surface area contributed by atoms with E-state index in [1.54, 1.807) is 13.8 Å². The molecule has 2 rings (SSSR count). The largest absolute Gasteiger partial charge is 1.00 e. The van der Waals surface area contributed by atoms with Gasteiger partial charge in [0.05, 0.1) is 37.1 Å². The van der Waals surface area contributed by atoms with Crippen LogP contribution in [0.1, 0.15) is 27.7 Å². The monoisotopic (exact) mass is 430 g/mol. The van der Waals surface area contributed by atoms with Gasteiger partial charge in [0.15, 0.2) is 11.6 Å². The summed E-state index contributed by atoms with van der Waals surface area (Å²) in [5.74, 6) is -0.797. The van der Waals surface area contributed by atoms with Crippen molar-refractivity contribution < 1.29 is 93.4 Å². The smallest absolute Gasteiger partial charge is 0.529 e. The van der Waals surface area contributed by atoms with Crippen LogP contribution in [-0.2, 0) is 28.9 Å². The Labute approximate surface area is 213 Å². The Balaban J connectivity index is -0.000000422. The Kier molecular flexibility index (Phi) is 19.3. The van der Waals surface area contributed by atoms with Gasteiger partial charge in [-0.2, -0.15) is 0 Å². The van der Waals surface area contributed by atoms with E-state index in [4.69, 9.17) is 0 Å². The Morgan fingerprint density at radius 3 is 1.34 bits per heavy atom. The van der Waals surface area contributed by atoms with Gasteiger partial charge in [-0.05, 0) is 39.8 Å². The zero-order valence-corrected chi connectivity index (χ0v) is 21.6. The van der Waals surface area contributed by atoms with Crippen molar-refractivity contribution in [1.29, 1.82) is 0 Å². The summed E-state index contributed by atoms with van der Waals surface area (Å²) in [5.41, 5.74) is 7.76. The van der Waals surface area contributed by atoms with Crippen molar-refractivity contribution in [3.8, 4) is 0 Å². The second-order valence-electron chi connectivity index (χ2n) is 5.72. The second-order valence-corrected chi connectivity index (χ2v) is 5.72. The number of nitrogens with zero attached hydrogens (tertiary/aromatic N) is 2. The average molecular weight is 430 g/mol. The van der Waals surface area contributed by atoms with Crippen LogP contribution in [0.3, 0.4) is 0 Å². The fraction of sp³-hybridized carbons (Fsp3) is 0.500. The maximum Gasteiger partial charge on any atom is 1.00 e. The first-order chi connectivity index (χ1) is 12.2. The summed E-state index contributed by atoms with van der Waals surface area (Å²) in [4.78, 5) is 52.3. The van der Waals surface area contributed by atoms with E-state index in [1.807, 2.05) is 0 Å². The Hall–Kier alpha value is -0.760. The summed E-state index contributed by atoms with van der Waals surface area (Å²) in [6.07, 6.45) is 2.84. The predicted molar refractivity (Wildman–Crippen MR) is 95.0 cm³/mol. The molecule has 11 nitrogen and oxygen atoms in total. The first kappa shape index (κ1) is 32.9. The van der Waals surface area contributed by atoms with Crippen LogP contribution in [0.2, 0.25) is 0 Å². The van der Waals surface area contributed by atoms with Crippen LogP contribution in [0, 0.1) is 0 Å². The molecule has 2 aliphatic rings. The summed E-state index contributed by atoms with van der Waals surface area (Å²) in [5, 5.41) is 5.66. The first-order valence-electron chi connectivity index (χ1n) is 7.83. The van der Waals surface area contributed by atoms with Crippen molar-refractivity contribution in [3.63, 3.8) is 0 Å². The van der Waals surface area contributed by atoms with Crippen LogP contribution in [0.5, 0.6) is 0 Å². The second kappa shape index (κ2) is 17.0. The first-order valence-corrected chi connectivity index (χ1v) is 7.83. The average Bonchev–Trinajstić information content (AvgIpc) is 3.08. The SMILES string of the molecule is CC(=O)/C=C(\C)N[C@@H]1CO[N-]C1=O.CC(=O)/C=C(\C)N[C@@H]1CO[N-]C1=O.O.[Na+].[Na+]. The zero-order valence-electron chi connectivity index (χ0n) is 17.6. The molecular weight excluding hydrogens is 406 g/mol. The molecule has 0 aromatic rings. The summed E-state index contributed by atoms with van der Waals surface area (Å²) in [6.45, 7) is 6.77. The summed E-state index contributed by atoms with van der Waals surface area (Å²) in [7, 11) is 0. The van der Waals surface area contributed by atoms with Crippen molar-refractivity contribution in [2.24, 2.45) is 0 Å². The van der Waals surface area contributed by atoms with Crippen LogP contribution in [0.15, 0.2) is 23.5 Å². The molecule has 2 amide bonds. The van der Waals surface area contributed by atoms with E-state index in [0.717, 1.165) is 0 Å². The van der Waals surface area contributed by atoms with Crippen molar-refractivity contribution in [2.45, 2.75) is 39.8 Å². The molecule has 2 fully saturated rings. The topological polar surface area (TPSA) is 170 Å². The maximum absolute atomic E-state index is 10.9. The molecule has 0 spiro atoms. The third-order valence-corrected chi connectivity index (χ3v) is 3.03. The number of carbonyl (C=O) groups is 4. The molecular formula is C16H24N4Na2O7. The molecule has 4 N–H and O–H groups in total. The minimum Gasteiger partial charge on any atom is -0.529 e. The van der Waals surface area contributed by atoms with Gasteiger partial charge in [-0.3, -0.25) is 9.59 Å². The van der Waals surface area contributed by atoms with Gasteiger partial charge in [0.1, 0.15) is 0 Å². The van der Waals surface area contributed by atoms with E-state index in [2.05, 4.69) is 31.3 Å². The summed E-state index contributed by atoms with van der Waals surface area (Å²) < 4.78 is 0. The van der Waals surface area contributed by atoms with Crippen LogP contribution in [0.4, 0.5) is 0 Å². The Morgan fingerprint density at radius 1 is 0.828 bits per heavy atom. The van der Waals surface area contributed by atoms with Crippen LogP contribution >= 0.6 is 0 Å². The zero-order chi connectivity index (χ0) is 19.7. The van der Waals surface area contributed by atoms with Gasteiger partial charge in [-0.15, -0.1) is 0 Å². The van der Waals surface area contributed by atoms with Crippen LogP contribution in [0.25, 0.3) is 11.0 Å². The number of hydroxylamine groups is 2. The molecule has 2 saturated heterocycles. The predicted octanol–water partition coefficient (Wildman–Crippen LogP) is -6.25. The Bertz CT molecular complexity index is 587. The number of allylic oxidation sites excluding steroid dienone is 4. The minimum absolute atomic E-state index is 0. The van der Waals surface area contributed by atoms with Gasteiger partial charge in [0, 0.05) is 11.4 Å². The molecule has 13 heteroatoms. The fourth-order valence-corrected chi connectivity index (χ4v) is 2.07. The molecule has 0 aromatic heterocycles. The quantitative estimate of drug-likeness (QED) is 0.310. The van der Waals surface area contributed by atoms with Gasteiger partial charge in [-0.25, -0.2) is 0 Å². The molecule has 0 bridgehead atoms. The van der Waals surface area contributed by atoms with Crippen LogP contribution in [-0.4, -0.2) is 54.2 Å². The number of amides is 2. The molecule has 29 heavy (non-hydrogen) atoms. The number of ketones is 2. The van der Waals surface area contributed by atoms with E-state index in [1.165, 1.54) is 26.0 Å². The van der Waals surface area contributed by atoms with Gasteiger partial charge in [0.25, 0.3) is 0 Å². The molecule has 2 heterocycles. The molecule has 0 unspecified atom stereocenters. The molecule has 2 aliphatic heterocycles. The normalized spacial score (nSPS) is 20.4. The van der Waals surface area contributed by atoms with E-state index in [9.17, 15) is 19.2 Å². The van der Waals surface area contributed by atoms with E-state index in [-0.39, 0.29) is 101 Å². The summed E-state index contributed by atoms with van der Waals surface area (Å²) in [6, 6.07) is -0.897. The molecule has 0 aliphatic carbocycles. The fourth-order valence-electron chi connectivity index (χ4n) is 2.07. The number of nitrogens with one attached hydrogen (secondary N) is 2. The standard InChI is InChI=1S/2C8H12N2O3.2Na.H2O/c2*1-5(3-6(2)11)9-7-4-13-10-8(7)12;;;/h2*3,7H,4H2,1-2H3,(H2,9,10,11,12);;;1H2/q;;2*+1;/p-2/t2*7-;;;/m11.../s1. The minimum atomic E-state index is -0.449. The molecule has 2 atom stereocenters. The third-order valence-electron chi connectivity index (χ3n) is 3.03. The molecule has 0 saturated carbocycles. The van der Waals surface area contributed by atoms with E-state index in [0.29, 0.717) is 11.4 Å². The molecule has 152 valence electrons. The number of carbonyl (C=O) groups excluding carboxylic acids is 4. The third kappa shape index (κ3) is 14.0. The van der Waals surface area contributed by atoms with E-state index >= 15 is 0 Å². The Morgan fingerprint density at radius 2 is 1.14 bits per heavy atom. The number of hydrogen-bond donors (Lipinski definition) is 2. The van der Waals surface area contributed by atoms with Gasteiger partial charge >= 0.3 is 59.1 Å². The number of hydrogen-bond acceptors (Lipinski definition) is 8. The van der Waals surface area contributed by atoms with Gasteiger partial charge in [0.2, 0.25) is 0 Å². The van der Waals surface area contributed by atoms with Crippen molar-refractivity contribution in [2.75, 3.05) is 13.2 Å². The van der Waals surface area contributed by atoms with Gasteiger partial charge < -0.3 is 46.3 Å². The van der Waals surface area contributed by atoms with Crippen molar-refractivity contribution >= 4 is 23.4 Å². The van der Waals surface area contributed by atoms with Crippen molar-refractivity contribution in [1.82, 2.24) is 10.6 Å². The van der Waals surface area contributed by atoms with Gasteiger partial charge in [-0.1, -0.05) is 0 Å². The summed E-state index contributed by atoms with van der Waals surface area (Å²) >= 11 is 0. The van der Waals surface area contributed by atoms with Crippen molar-refractivity contribution in [3.05, 3.63) is 34.5 Å². The molecule has 0 aromatic carbocycles. The maximum atomic E-state index is 10.9. The van der Waals surface area contributed by atoms with E-state index < -0.39 is 12.1 Å². The number of rotatable bonds is 6. The molecule has 0 radical (unpaired) electrons. The van der Waals surface area contributed by atoms with Crippen LogP contribution < -0.4 is 69.7 Å².